The van der Waals surface area contributed by atoms with Gasteiger partial charge in [0.15, 0.2) is 0 Å². The third kappa shape index (κ3) is 3.09. The van der Waals surface area contributed by atoms with Crippen LogP contribution in [-0.4, -0.2) is 38.1 Å². The highest BCUT2D eigenvalue weighted by Crippen LogP contribution is 2.11. The molecule has 98 valence electrons. The van der Waals surface area contributed by atoms with E-state index in [1.807, 2.05) is 44.4 Å². The van der Waals surface area contributed by atoms with Crippen LogP contribution in [0.15, 0.2) is 30.6 Å². The summed E-state index contributed by atoms with van der Waals surface area (Å²) in [6.45, 7) is 8.14. The van der Waals surface area contributed by atoms with Gasteiger partial charge in [-0.3, -0.25) is 4.90 Å². The maximum atomic E-state index is 9.90. The van der Waals surface area contributed by atoms with Crippen LogP contribution in [0.1, 0.15) is 26.5 Å². The predicted octanol–water partition coefficient (Wildman–Crippen LogP) is 1.93. The lowest BCUT2D eigenvalue weighted by Crippen LogP contribution is -2.38. The highest BCUT2D eigenvalue weighted by atomic mass is 16.3. The lowest BCUT2D eigenvalue weighted by Gasteiger charge is -2.27. The van der Waals surface area contributed by atoms with Crippen LogP contribution in [0.4, 0.5) is 0 Å². The Morgan fingerprint density at radius 3 is 2.83 bits per heavy atom. The summed E-state index contributed by atoms with van der Waals surface area (Å²) < 4.78 is 2.09. The van der Waals surface area contributed by atoms with Crippen molar-refractivity contribution in [3.63, 3.8) is 0 Å². The quantitative estimate of drug-likeness (QED) is 0.877. The minimum Gasteiger partial charge on any atom is -0.389 e. The van der Waals surface area contributed by atoms with Gasteiger partial charge in [-0.05, 0) is 32.5 Å². The Morgan fingerprint density at radius 2 is 2.17 bits per heavy atom. The summed E-state index contributed by atoms with van der Waals surface area (Å²) in [5.41, 5.74) is 1.44. The third-order valence-electron chi connectivity index (χ3n) is 2.94. The van der Waals surface area contributed by atoms with Crippen molar-refractivity contribution in [3.8, 4) is 0 Å². The van der Waals surface area contributed by atoms with Crippen molar-refractivity contribution in [2.24, 2.45) is 0 Å². The number of aliphatic hydroxyl groups is 1. The van der Waals surface area contributed by atoms with Crippen LogP contribution in [0.3, 0.4) is 0 Å². The van der Waals surface area contributed by atoms with E-state index in [0.29, 0.717) is 6.54 Å². The topological polar surface area (TPSA) is 40.8 Å². The number of pyridine rings is 1. The average molecular weight is 247 g/mol. The predicted molar refractivity (Wildman–Crippen MR) is 72.4 cm³/mol. The lowest BCUT2D eigenvalue weighted by atomic mass is 10.1. The zero-order valence-corrected chi connectivity index (χ0v) is 11.3. The van der Waals surface area contributed by atoms with Gasteiger partial charge in [0.2, 0.25) is 0 Å². The second-order valence-electron chi connectivity index (χ2n) is 5.29. The van der Waals surface area contributed by atoms with Gasteiger partial charge >= 0.3 is 0 Å². The van der Waals surface area contributed by atoms with Gasteiger partial charge < -0.3 is 9.51 Å². The van der Waals surface area contributed by atoms with Gasteiger partial charge in [-0.15, -0.1) is 0 Å². The van der Waals surface area contributed by atoms with E-state index >= 15 is 0 Å². The number of nitrogens with zero attached hydrogens (tertiary/aromatic N) is 3. The smallest absolute Gasteiger partial charge is 0.136 e. The summed E-state index contributed by atoms with van der Waals surface area (Å²) in [4.78, 5) is 6.59. The Kier molecular flexibility index (Phi) is 3.68. The molecule has 0 aliphatic heterocycles. The molecule has 4 nitrogen and oxygen atoms in total. The van der Waals surface area contributed by atoms with Crippen molar-refractivity contribution in [1.29, 1.82) is 0 Å². The van der Waals surface area contributed by atoms with Gasteiger partial charge in [-0.2, -0.15) is 0 Å². The first-order chi connectivity index (χ1) is 8.49. The molecule has 2 rings (SSSR count). The fraction of sp³-hybridized carbons (Fsp3) is 0.500. The molecule has 0 aliphatic rings. The molecular weight excluding hydrogens is 226 g/mol. The summed E-state index contributed by atoms with van der Waals surface area (Å²) in [5, 5.41) is 9.90. The van der Waals surface area contributed by atoms with E-state index in [1.54, 1.807) is 0 Å². The first-order valence-electron chi connectivity index (χ1n) is 6.35. The average Bonchev–Trinajstić information content (AvgIpc) is 2.70. The summed E-state index contributed by atoms with van der Waals surface area (Å²) in [5.74, 6) is 0. The Hall–Kier alpha value is -1.39. The van der Waals surface area contributed by atoms with E-state index in [4.69, 9.17) is 0 Å². The molecule has 2 heterocycles. The molecule has 2 aromatic heterocycles. The van der Waals surface area contributed by atoms with Crippen LogP contribution in [0.25, 0.3) is 5.65 Å². The standard InChI is InChI=1S/C14H21N3O/c1-4-16(11-14(2,3)18)10-12-9-15-13-7-5-6-8-17(12)13/h5-9,18H,4,10-11H2,1-3H3. The second-order valence-corrected chi connectivity index (χ2v) is 5.29. The number of fused-ring (bicyclic) bond motifs is 1. The molecule has 0 radical (unpaired) electrons. The molecule has 2 aromatic rings. The van der Waals surface area contributed by atoms with Crippen LogP contribution < -0.4 is 0 Å². The van der Waals surface area contributed by atoms with Gasteiger partial charge in [-0.25, -0.2) is 4.98 Å². The second kappa shape index (κ2) is 5.08. The number of imidazole rings is 1. The fourth-order valence-electron chi connectivity index (χ4n) is 2.16. The van der Waals surface area contributed by atoms with Gasteiger partial charge in [0.25, 0.3) is 0 Å². The van der Waals surface area contributed by atoms with Crippen molar-refractivity contribution < 1.29 is 5.11 Å². The Bertz CT molecular complexity index is 513. The largest absolute Gasteiger partial charge is 0.389 e. The minimum absolute atomic E-state index is 0.656. The maximum Gasteiger partial charge on any atom is 0.136 e. The van der Waals surface area contributed by atoms with Gasteiger partial charge in [0.05, 0.1) is 17.5 Å². The van der Waals surface area contributed by atoms with Crippen molar-refractivity contribution >= 4 is 5.65 Å². The number of hydrogen-bond donors (Lipinski definition) is 1. The third-order valence-corrected chi connectivity index (χ3v) is 2.94. The summed E-state index contributed by atoms with van der Waals surface area (Å²) in [6, 6.07) is 5.99. The molecule has 0 aromatic carbocycles. The summed E-state index contributed by atoms with van der Waals surface area (Å²) in [6.07, 6.45) is 3.93. The minimum atomic E-state index is -0.670. The molecule has 0 atom stereocenters. The van der Waals surface area contributed by atoms with Gasteiger partial charge in [0.1, 0.15) is 5.65 Å². The molecule has 0 fully saturated rings. The Morgan fingerprint density at radius 1 is 1.39 bits per heavy atom. The molecule has 0 aliphatic carbocycles. The first kappa shape index (κ1) is 13.1. The SMILES string of the molecule is CCN(Cc1cnc2ccccn12)CC(C)(C)O. The van der Waals surface area contributed by atoms with Crippen LogP contribution >= 0.6 is 0 Å². The van der Waals surface area contributed by atoms with E-state index in [1.165, 1.54) is 0 Å². The van der Waals surface area contributed by atoms with E-state index < -0.39 is 5.60 Å². The van der Waals surface area contributed by atoms with Crippen molar-refractivity contribution in [2.75, 3.05) is 13.1 Å². The normalized spacial score (nSPS) is 12.5. The van der Waals surface area contributed by atoms with Crippen molar-refractivity contribution in [1.82, 2.24) is 14.3 Å². The van der Waals surface area contributed by atoms with Crippen LogP contribution in [0, 0.1) is 0 Å². The first-order valence-corrected chi connectivity index (χ1v) is 6.35. The molecule has 0 amide bonds. The number of hydrogen-bond acceptors (Lipinski definition) is 3. The molecule has 1 N–H and O–H groups in total. The molecule has 0 saturated carbocycles. The van der Waals surface area contributed by atoms with E-state index in [-0.39, 0.29) is 0 Å². The fourth-order valence-corrected chi connectivity index (χ4v) is 2.16. The van der Waals surface area contributed by atoms with E-state index in [0.717, 1.165) is 24.4 Å². The summed E-state index contributed by atoms with van der Waals surface area (Å²) in [7, 11) is 0. The summed E-state index contributed by atoms with van der Waals surface area (Å²) >= 11 is 0. The Labute approximate surface area is 108 Å². The number of aromatic nitrogens is 2. The molecule has 0 spiro atoms. The van der Waals surface area contributed by atoms with Crippen LogP contribution in [0.5, 0.6) is 0 Å². The van der Waals surface area contributed by atoms with Crippen molar-refractivity contribution in [3.05, 3.63) is 36.3 Å². The maximum absolute atomic E-state index is 9.90. The van der Waals surface area contributed by atoms with E-state index in [2.05, 4.69) is 21.2 Å². The van der Waals surface area contributed by atoms with Crippen LogP contribution in [-0.2, 0) is 6.54 Å². The van der Waals surface area contributed by atoms with Crippen LogP contribution in [0.2, 0.25) is 0 Å². The van der Waals surface area contributed by atoms with Crippen molar-refractivity contribution in [2.45, 2.75) is 32.9 Å². The highest BCUT2D eigenvalue weighted by molar-refractivity contribution is 5.39. The molecule has 0 unspecified atom stereocenters. The van der Waals surface area contributed by atoms with Gasteiger partial charge in [-0.1, -0.05) is 13.0 Å². The highest BCUT2D eigenvalue weighted by Gasteiger charge is 2.18. The number of likely N-dealkylation sites (N-methyl/N-ethyl adjacent to an activating group) is 1. The zero-order chi connectivity index (χ0) is 13.2. The molecule has 0 bridgehead atoms. The van der Waals surface area contributed by atoms with E-state index in [9.17, 15) is 5.11 Å². The van der Waals surface area contributed by atoms with Gasteiger partial charge in [0, 0.05) is 19.3 Å². The molecule has 18 heavy (non-hydrogen) atoms. The molecule has 4 heteroatoms. The zero-order valence-electron chi connectivity index (χ0n) is 11.3. The number of rotatable bonds is 5. The molecular formula is C14H21N3O. The lowest BCUT2D eigenvalue weighted by molar-refractivity contribution is 0.0349. The Balaban J connectivity index is 2.17. The molecule has 0 saturated heterocycles. The monoisotopic (exact) mass is 247 g/mol.